The van der Waals surface area contributed by atoms with Gasteiger partial charge in [-0.1, -0.05) is 12.1 Å². The number of carboxylic acid groups (broad SMARTS) is 1. The Morgan fingerprint density at radius 3 is 2.22 bits per heavy atom. The monoisotopic (exact) mass is 552 g/mol. The first-order chi connectivity index (χ1) is 17.6. The third kappa shape index (κ3) is 9.98. The van der Waals surface area contributed by atoms with Gasteiger partial charge in [0.1, 0.15) is 23.9 Å². The van der Waals surface area contributed by atoms with E-state index in [9.17, 15) is 29.4 Å². The van der Waals surface area contributed by atoms with Crippen molar-refractivity contribution in [2.24, 2.45) is 5.73 Å². The number of thioether (sulfide) groups is 1. The Morgan fingerprint density at radius 1 is 1.03 bits per heavy atom. The zero-order valence-electron chi connectivity index (χ0n) is 20.2. The summed E-state index contributed by atoms with van der Waals surface area (Å²) < 4.78 is 0. The highest BCUT2D eigenvalue weighted by molar-refractivity contribution is 7.98. The molecule has 202 valence electrons. The third-order valence-corrected chi connectivity index (χ3v) is 6.39. The van der Waals surface area contributed by atoms with Crippen molar-refractivity contribution in [2.45, 2.75) is 43.4 Å². The molecule has 2 rings (SSSR count). The number of carbonyl (C=O) groups excluding carboxylic acids is 3. The second-order valence-corrected chi connectivity index (χ2v) is 9.59. The molecule has 0 radical (unpaired) electrons. The van der Waals surface area contributed by atoms with Gasteiger partial charge in [0.05, 0.1) is 12.4 Å². The fourth-order valence-corrected chi connectivity index (χ4v) is 4.04. The minimum Gasteiger partial charge on any atom is -0.508 e. The van der Waals surface area contributed by atoms with E-state index in [4.69, 9.17) is 5.73 Å². The van der Waals surface area contributed by atoms with Crippen LogP contribution >= 0.6 is 24.4 Å². The number of benzene rings is 1. The first-order valence-electron chi connectivity index (χ1n) is 11.4. The highest BCUT2D eigenvalue weighted by Crippen LogP contribution is 2.11. The number of rotatable bonds is 15. The van der Waals surface area contributed by atoms with Gasteiger partial charge < -0.3 is 36.9 Å². The Bertz CT molecular complexity index is 1040. The van der Waals surface area contributed by atoms with Crippen LogP contribution in [-0.4, -0.2) is 85.8 Å². The maximum absolute atomic E-state index is 13.2. The lowest BCUT2D eigenvalue weighted by molar-refractivity contribution is -0.141. The van der Waals surface area contributed by atoms with Crippen molar-refractivity contribution in [3.8, 4) is 5.75 Å². The molecule has 0 bridgehead atoms. The number of carbonyl (C=O) groups is 4. The summed E-state index contributed by atoms with van der Waals surface area (Å²) in [6.07, 6.45) is 5.23. The number of thiol groups is 1. The average molecular weight is 553 g/mol. The number of amides is 3. The van der Waals surface area contributed by atoms with Crippen LogP contribution in [0.3, 0.4) is 0 Å². The fraction of sp³-hybridized carbons (Fsp3) is 0.435. The Kier molecular flexibility index (Phi) is 12.3. The minimum atomic E-state index is -1.25. The van der Waals surface area contributed by atoms with Crippen LogP contribution in [0.25, 0.3) is 0 Å². The van der Waals surface area contributed by atoms with Crippen molar-refractivity contribution in [2.75, 3.05) is 17.8 Å². The van der Waals surface area contributed by atoms with E-state index in [2.05, 4.69) is 38.5 Å². The van der Waals surface area contributed by atoms with Gasteiger partial charge in [-0.3, -0.25) is 14.4 Å². The summed E-state index contributed by atoms with van der Waals surface area (Å²) >= 11 is 5.41. The van der Waals surface area contributed by atoms with Crippen LogP contribution in [-0.2, 0) is 32.0 Å². The molecular weight excluding hydrogens is 520 g/mol. The predicted molar refractivity (Wildman–Crippen MR) is 142 cm³/mol. The van der Waals surface area contributed by atoms with E-state index >= 15 is 0 Å². The standard InChI is InChI=1S/C23H32N6O6S2/c1-37-7-6-17(21(32)29-19(11-36)23(34)35)27-22(33)18(9-14-10-25-12-26-14)28-20(31)16(24)8-13-2-4-15(30)5-3-13/h2-5,10,12,16-19,30,36H,6-9,11,24H2,1H3,(H,25,26)(H,27,33)(H,28,31)(H,29,32)(H,34,35). The number of nitrogens with zero attached hydrogens (tertiary/aromatic N) is 1. The molecule has 0 aliphatic heterocycles. The maximum Gasteiger partial charge on any atom is 0.327 e. The number of phenolic OH excluding ortho intramolecular Hbond substituents is 1. The molecule has 37 heavy (non-hydrogen) atoms. The van der Waals surface area contributed by atoms with Gasteiger partial charge in [-0.2, -0.15) is 24.4 Å². The normalized spacial score (nSPS) is 14.1. The molecule has 1 aromatic carbocycles. The maximum atomic E-state index is 13.2. The molecule has 4 unspecified atom stereocenters. The van der Waals surface area contributed by atoms with E-state index in [1.54, 1.807) is 12.1 Å². The first-order valence-corrected chi connectivity index (χ1v) is 13.4. The first kappa shape index (κ1) is 30.0. The van der Waals surface area contributed by atoms with Gasteiger partial charge >= 0.3 is 5.97 Å². The lowest BCUT2D eigenvalue weighted by Gasteiger charge is -2.25. The summed E-state index contributed by atoms with van der Waals surface area (Å²) in [6.45, 7) is 0. The van der Waals surface area contributed by atoms with E-state index in [0.29, 0.717) is 11.4 Å². The van der Waals surface area contributed by atoms with Gasteiger partial charge in [0.15, 0.2) is 0 Å². The molecule has 1 aromatic heterocycles. The Morgan fingerprint density at radius 2 is 1.65 bits per heavy atom. The lowest BCUT2D eigenvalue weighted by Crippen LogP contribution is -2.58. The largest absolute Gasteiger partial charge is 0.508 e. The number of carboxylic acids is 1. The van der Waals surface area contributed by atoms with Crippen LogP contribution in [0.5, 0.6) is 5.75 Å². The number of aromatic amines is 1. The topological polar surface area (TPSA) is 200 Å². The quantitative estimate of drug-likeness (QED) is 0.134. The van der Waals surface area contributed by atoms with Gasteiger partial charge in [0.2, 0.25) is 17.7 Å². The van der Waals surface area contributed by atoms with Crippen molar-refractivity contribution in [3.05, 3.63) is 48.0 Å². The van der Waals surface area contributed by atoms with E-state index in [-0.39, 0.29) is 30.8 Å². The van der Waals surface area contributed by atoms with E-state index in [1.807, 2.05) is 6.26 Å². The van der Waals surface area contributed by atoms with Crippen molar-refractivity contribution in [1.29, 1.82) is 0 Å². The highest BCUT2D eigenvalue weighted by atomic mass is 32.2. The molecule has 3 amide bonds. The van der Waals surface area contributed by atoms with E-state index in [1.165, 1.54) is 36.4 Å². The molecule has 0 fully saturated rings. The molecular formula is C23H32N6O6S2. The molecule has 14 heteroatoms. The molecule has 0 aliphatic carbocycles. The van der Waals surface area contributed by atoms with Crippen molar-refractivity contribution in [1.82, 2.24) is 25.9 Å². The number of hydrogen-bond donors (Lipinski definition) is 8. The number of aliphatic carboxylic acids is 1. The second kappa shape index (κ2) is 15.1. The van der Waals surface area contributed by atoms with Gasteiger partial charge in [-0.05, 0) is 42.5 Å². The van der Waals surface area contributed by atoms with Crippen LogP contribution in [0.2, 0.25) is 0 Å². The number of imidazole rings is 1. The van der Waals surface area contributed by atoms with Crippen LogP contribution in [0.1, 0.15) is 17.7 Å². The van der Waals surface area contributed by atoms with Gasteiger partial charge in [0, 0.05) is 24.1 Å². The number of phenols is 1. The van der Waals surface area contributed by atoms with Gasteiger partial charge in [-0.15, -0.1) is 0 Å². The molecule has 0 saturated heterocycles. The zero-order chi connectivity index (χ0) is 27.4. The van der Waals surface area contributed by atoms with Gasteiger partial charge in [-0.25, -0.2) is 9.78 Å². The van der Waals surface area contributed by atoms with E-state index < -0.39 is 47.9 Å². The number of H-pyrrole nitrogens is 1. The van der Waals surface area contributed by atoms with Crippen molar-refractivity contribution in [3.63, 3.8) is 0 Å². The second-order valence-electron chi connectivity index (χ2n) is 8.24. The molecule has 0 saturated carbocycles. The molecule has 1 heterocycles. The summed E-state index contributed by atoms with van der Waals surface area (Å²) in [6, 6.07) is 1.92. The number of aromatic hydroxyl groups is 1. The SMILES string of the molecule is CSCCC(NC(=O)C(Cc1cnc[nH]1)NC(=O)C(N)Cc1ccc(O)cc1)C(=O)NC(CS)C(=O)O. The zero-order valence-corrected chi connectivity index (χ0v) is 21.9. The predicted octanol–water partition coefficient (Wildman–Crippen LogP) is -0.550. The average Bonchev–Trinajstić information content (AvgIpc) is 3.38. The molecule has 4 atom stereocenters. The van der Waals surface area contributed by atoms with Crippen molar-refractivity contribution < 1.29 is 29.4 Å². The third-order valence-electron chi connectivity index (χ3n) is 5.38. The Labute approximate surface area is 224 Å². The van der Waals surface area contributed by atoms with Crippen molar-refractivity contribution >= 4 is 48.1 Å². The van der Waals surface area contributed by atoms with Gasteiger partial charge in [0.25, 0.3) is 0 Å². The fourth-order valence-electron chi connectivity index (χ4n) is 3.32. The Hall–Kier alpha value is -3.23. The summed E-state index contributed by atoms with van der Waals surface area (Å²) in [5, 5.41) is 26.3. The number of nitrogens with one attached hydrogen (secondary N) is 4. The number of hydrogen-bond acceptors (Lipinski definition) is 9. The summed E-state index contributed by atoms with van der Waals surface area (Å²) in [5.74, 6) is -2.65. The lowest BCUT2D eigenvalue weighted by atomic mass is 10.0. The van der Waals surface area contributed by atoms with Crippen LogP contribution < -0.4 is 21.7 Å². The number of aromatic nitrogens is 2. The smallest absolute Gasteiger partial charge is 0.327 e. The molecule has 2 aromatic rings. The summed E-state index contributed by atoms with van der Waals surface area (Å²) in [7, 11) is 0. The Balaban J connectivity index is 2.14. The van der Waals surface area contributed by atoms with Crippen LogP contribution in [0.4, 0.5) is 0 Å². The molecule has 12 nitrogen and oxygen atoms in total. The molecule has 0 spiro atoms. The van der Waals surface area contributed by atoms with Crippen LogP contribution in [0, 0.1) is 0 Å². The highest BCUT2D eigenvalue weighted by Gasteiger charge is 2.30. The summed E-state index contributed by atoms with van der Waals surface area (Å²) in [4.78, 5) is 57.0. The number of nitrogens with two attached hydrogens (primary N) is 1. The van der Waals surface area contributed by atoms with Crippen LogP contribution in [0.15, 0.2) is 36.8 Å². The van der Waals surface area contributed by atoms with E-state index in [0.717, 1.165) is 5.56 Å². The molecule has 0 aliphatic rings. The minimum absolute atomic E-state index is 0.0504. The summed E-state index contributed by atoms with van der Waals surface area (Å²) in [5.41, 5.74) is 7.36. The molecule has 8 N–H and O–H groups in total.